The standard InChI is InChI=1S/C13H20ClNS/c1-10(11-7-8-12(14)16-11)6-5-9-15-13(2,3)4/h6-8,15H,5,9H2,1-4H3. The molecular formula is C13H20ClNS. The molecule has 1 nitrogen and oxygen atoms in total. The molecular weight excluding hydrogens is 238 g/mol. The first-order chi connectivity index (χ1) is 7.38. The predicted molar refractivity (Wildman–Crippen MR) is 75.4 cm³/mol. The Morgan fingerprint density at radius 3 is 2.62 bits per heavy atom. The maximum atomic E-state index is 5.90. The number of nitrogens with one attached hydrogen (secondary N) is 1. The average molecular weight is 258 g/mol. The summed E-state index contributed by atoms with van der Waals surface area (Å²) in [6, 6.07) is 4.03. The summed E-state index contributed by atoms with van der Waals surface area (Å²) in [5.74, 6) is 0. The van der Waals surface area contributed by atoms with Crippen LogP contribution in [0.25, 0.3) is 5.57 Å². The Kier molecular flexibility index (Phi) is 5.03. The first kappa shape index (κ1) is 13.8. The topological polar surface area (TPSA) is 12.0 Å². The molecule has 0 amide bonds. The highest BCUT2D eigenvalue weighted by atomic mass is 35.5. The zero-order valence-electron chi connectivity index (χ0n) is 10.4. The van der Waals surface area contributed by atoms with E-state index in [1.807, 2.05) is 6.07 Å². The maximum absolute atomic E-state index is 5.90. The molecule has 1 N–H and O–H groups in total. The Morgan fingerprint density at radius 1 is 1.44 bits per heavy atom. The van der Waals surface area contributed by atoms with Crippen molar-refractivity contribution in [1.82, 2.24) is 5.32 Å². The summed E-state index contributed by atoms with van der Waals surface area (Å²) in [6.45, 7) is 9.70. The average Bonchev–Trinajstić information content (AvgIpc) is 2.57. The number of allylic oxidation sites excluding steroid dienone is 1. The summed E-state index contributed by atoms with van der Waals surface area (Å²) in [6.07, 6.45) is 3.32. The van der Waals surface area contributed by atoms with Gasteiger partial charge in [0.25, 0.3) is 0 Å². The lowest BCUT2D eigenvalue weighted by Gasteiger charge is -2.19. The van der Waals surface area contributed by atoms with Crippen LogP contribution in [0.15, 0.2) is 18.2 Å². The van der Waals surface area contributed by atoms with Crippen LogP contribution in [0.4, 0.5) is 0 Å². The summed E-state index contributed by atoms with van der Waals surface area (Å²) in [5.41, 5.74) is 1.51. The summed E-state index contributed by atoms with van der Waals surface area (Å²) in [7, 11) is 0. The van der Waals surface area contributed by atoms with Gasteiger partial charge in [-0.3, -0.25) is 0 Å². The van der Waals surface area contributed by atoms with Gasteiger partial charge in [-0.15, -0.1) is 11.3 Å². The monoisotopic (exact) mass is 257 g/mol. The summed E-state index contributed by atoms with van der Waals surface area (Å²) >= 11 is 7.54. The van der Waals surface area contributed by atoms with Crippen molar-refractivity contribution in [3.63, 3.8) is 0 Å². The lowest BCUT2D eigenvalue weighted by molar-refractivity contribution is 0.431. The molecule has 0 saturated heterocycles. The SMILES string of the molecule is CC(=CCCNC(C)(C)C)c1ccc(Cl)s1. The zero-order chi connectivity index (χ0) is 12.2. The van der Waals surface area contributed by atoms with E-state index in [1.54, 1.807) is 11.3 Å². The molecule has 1 rings (SSSR count). The van der Waals surface area contributed by atoms with Gasteiger partial charge in [0.15, 0.2) is 0 Å². The smallest absolute Gasteiger partial charge is 0.0934 e. The summed E-state index contributed by atoms with van der Waals surface area (Å²) < 4.78 is 0.857. The molecule has 90 valence electrons. The van der Waals surface area contributed by atoms with E-state index >= 15 is 0 Å². The van der Waals surface area contributed by atoms with E-state index < -0.39 is 0 Å². The second-order valence-corrected chi connectivity index (χ2v) is 6.67. The molecule has 0 aliphatic carbocycles. The van der Waals surface area contributed by atoms with Crippen LogP contribution < -0.4 is 5.32 Å². The Hall–Kier alpha value is -0.310. The molecule has 1 aromatic heterocycles. The first-order valence-corrected chi connectivity index (χ1v) is 6.75. The van der Waals surface area contributed by atoms with Crippen molar-refractivity contribution in [3.05, 3.63) is 27.4 Å². The molecule has 16 heavy (non-hydrogen) atoms. The van der Waals surface area contributed by atoms with E-state index in [0.29, 0.717) is 0 Å². The lowest BCUT2D eigenvalue weighted by Crippen LogP contribution is -2.36. The van der Waals surface area contributed by atoms with Crippen LogP contribution in [-0.2, 0) is 0 Å². The third-order valence-electron chi connectivity index (χ3n) is 2.21. The van der Waals surface area contributed by atoms with E-state index in [-0.39, 0.29) is 5.54 Å². The third-order valence-corrected chi connectivity index (χ3v) is 3.58. The van der Waals surface area contributed by atoms with Gasteiger partial charge in [-0.05, 0) is 58.4 Å². The van der Waals surface area contributed by atoms with Gasteiger partial charge in [0.2, 0.25) is 0 Å². The molecule has 1 aromatic rings. The van der Waals surface area contributed by atoms with E-state index in [4.69, 9.17) is 11.6 Å². The van der Waals surface area contributed by atoms with Crippen molar-refractivity contribution >= 4 is 28.5 Å². The fourth-order valence-corrected chi connectivity index (χ4v) is 2.40. The number of thiophene rings is 1. The highest BCUT2D eigenvalue weighted by Gasteiger charge is 2.06. The van der Waals surface area contributed by atoms with Gasteiger partial charge in [-0.1, -0.05) is 17.7 Å². The van der Waals surface area contributed by atoms with Crippen molar-refractivity contribution in [2.75, 3.05) is 6.54 Å². The fourth-order valence-electron chi connectivity index (χ4n) is 1.36. The summed E-state index contributed by atoms with van der Waals surface area (Å²) in [4.78, 5) is 1.26. The predicted octanol–water partition coefficient (Wildman–Crippen LogP) is 4.58. The quantitative estimate of drug-likeness (QED) is 0.779. The molecule has 0 atom stereocenters. The highest BCUT2D eigenvalue weighted by molar-refractivity contribution is 7.17. The molecule has 0 aliphatic heterocycles. The van der Waals surface area contributed by atoms with Crippen LogP contribution in [0.1, 0.15) is 39.0 Å². The van der Waals surface area contributed by atoms with Gasteiger partial charge >= 0.3 is 0 Å². The maximum Gasteiger partial charge on any atom is 0.0934 e. The molecule has 0 aromatic carbocycles. The summed E-state index contributed by atoms with van der Waals surface area (Å²) in [5, 5.41) is 3.47. The number of rotatable bonds is 4. The van der Waals surface area contributed by atoms with Crippen molar-refractivity contribution in [2.45, 2.75) is 39.7 Å². The molecule has 0 spiro atoms. The number of hydrogen-bond donors (Lipinski definition) is 1. The number of halogens is 1. The van der Waals surface area contributed by atoms with Gasteiger partial charge in [0, 0.05) is 10.4 Å². The minimum absolute atomic E-state index is 0.202. The van der Waals surface area contributed by atoms with E-state index in [1.165, 1.54) is 10.5 Å². The first-order valence-electron chi connectivity index (χ1n) is 5.56. The molecule has 0 aliphatic rings. The lowest BCUT2D eigenvalue weighted by atomic mass is 10.1. The van der Waals surface area contributed by atoms with Crippen LogP contribution in [0.5, 0.6) is 0 Å². The molecule has 0 saturated carbocycles. The zero-order valence-corrected chi connectivity index (χ0v) is 12.0. The Balaban J connectivity index is 2.40. The van der Waals surface area contributed by atoms with E-state index in [0.717, 1.165) is 17.3 Å². The minimum Gasteiger partial charge on any atom is -0.312 e. The van der Waals surface area contributed by atoms with Gasteiger partial charge in [0.1, 0.15) is 0 Å². The molecule has 3 heteroatoms. The molecule has 1 heterocycles. The number of hydrogen-bond acceptors (Lipinski definition) is 2. The van der Waals surface area contributed by atoms with Crippen LogP contribution in [0.3, 0.4) is 0 Å². The van der Waals surface area contributed by atoms with Crippen LogP contribution in [0.2, 0.25) is 4.34 Å². The third kappa shape index (κ3) is 5.15. The van der Waals surface area contributed by atoms with E-state index in [9.17, 15) is 0 Å². The highest BCUT2D eigenvalue weighted by Crippen LogP contribution is 2.27. The second kappa shape index (κ2) is 5.85. The van der Waals surface area contributed by atoms with Crippen molar-refractivity contribution in [3.8, 4) is 0 Å². The van der Waals surface area contributed by atoms with Gasteiger partial charge in [-0.2, -0.15) is 0 Å². The van der Waals surface area contributed by atoms with Crippen molar-refractivity contribution < 1.29 is 0 Å². The second-order valence-electron chi connectivity index (χ2n) is 4.96. The molecule has 0 bridgehead atoms. The minimum atomic E-state index is 0.202. The van der Waals surface area contributed by atoms with Gasteiger partial charge < -0.3 is 5.32 Å². The Bertz CT molecular complexity index is 360. The Labute approximate surface area is 108 Å². The normalized spacial score (nSPS) is 13.2. The largest absolute Gasteiger partial charge is 0.312 e. The van der Waals surface area contributed by atoms with Gasteiger partial charge in [-0.25, -0.2) is 0 Å². The fraction of sp³-hybridized carbons (Fsp3) is 0.538. The molecule has 0 fully saturated rings. The molecule has 0 unspecified atom stereocenters. The Morgan fingerprint density at radius 2 is 2.12 bits per heavy atom. The van der Waals surface area contributed by atoms with E-state index in [2.05, 4.69) is 45.2 Å². The van der Waals surface area contributed by atoms with Crippen molar-refractivity contribution in [1.29, 1.82) is 0 Å². The van der Waals surface area contributed by atoms with Crippen LogP contribution in [0, 0.1) is 0 Å². The van der Waals surface area contributed by atoms with Crippen molar-refractivity contribution in [2.24, 2.45) is 0 Å². The van der Waals surface area contributed by atoms with Crippen LogP contribution >= 0.6 is 22.9 Å². The van der Waals surface area contributed by atoms with Gasteiger partial charge in [0.05, 0.1) is 4.34 Å². The van der Waals surface area contributed by atoms with Crippen LogP contribution in [-0.4, -0.2) is 12.1 Å². The molecule has 0 radical (unpaired) electrons.